The third kappa shape index (κ3) is 3.33. The van der Waals surface area contributed by atoms with Crippen LogP contribution >= 0.6 is 11.8 Å². The highest BCUT2D eigenvalue weighted by molar-refractivity contribution is 7.99. The number of methoxy groups -OCH3 is 1. The van der Waals surface area contributed by atoms with Crippen molar-refractivity contribution in [2.45, 2.75) is 5.75 Å². The molecule has 0 aliphatic carbocycles. The van der Waals surface area contributed by atoms with Crippen molar-refractivity contribution in [1.82, 2.24) is 9.78 Å². The summed E-state index contributed by atoms with van der Waals surface area (Å²) in [6, 6.07) is 7.68. The van der Waals surface area contributed by atoms with Crippen molar-refractivity contribution < 1.29 is 14.6 Å². The molecule has 0 saturated carbocycles. The molecule has 0 spiro atoms. The molecule has 0 saturated heterocycles. The maximum atomic E-state index is 10.6. The van der Waals surface area contributed by atoms with Crippen molar-refractivity contribution in [3.8, 4) is 17.0 Å². The summed E-state index contributed by atoms with van der Waals surface area (Å²) < 4.78 is 7.09. The van der Waals surface area contributed by atoms with Gasteiger partial charge < -0.3 is 9.84 Å². The molecular weight excluding hydrogens is 276 g/mol. The summed E-state index contributed by atoms with van der Waals surface area (Å²) >= 11 is 1.36. The van der Waals surface area contributed by atoms with Gasteiger partial charge in [-0.1, -0.05) is 12.1 Å². The molecule has 0 aliphatic rings. The number of rotatable bonds is 6. The number of aromatic nitrogens is 2. The number of carboxylic acid groups (broad SMARTS) is 1. The minimum absolute atomic E-state index is 0.0836. The smallest absolute Gasteiger partial charge is 0.313 e. The summed E-state index contributed by atoms with van der Waals surface area (Å²) in [5.41, 5.74) is 2.76. The number of aliphatic carboxylic acids is 1. The van der Waals surface area contributed by atoms with Gasteiger partial charge in [-0.2, -0.15) is 5.10 Å². The van der Waals surface area contributed by atoms with Crippen LogP contribution in [-0.2, 0) is 17.6 Å². The highest BCUT2D eigenvalue weighted by Crippen LogP contribution is 2.32. The molecule has 1 aromatic carbocycles. The summed E-state index contributed by atoms with van der Waals surface area (Å²) in [4.78, 5) is 10.6. The summed E-state index contributed by atoms with van der Waals surface area (Å²) in [6.45, 7) is 0. The zero-order chi connectivity index (χ0) is 14.5. The first kappa shape index (κ1) is 14.5. The Kier molecular flexibility index (Phi) is 4.68. The molecule has 20 heavy (non-hydrogen) atoms. The lowest BCUT2D eigenvalue weighted by atomic mass is 10.1. The van der Waals surface area contributed by atoms with E-state index in [-0.39, 0.29) is 5.75 Å². The van der Waals surface area contributed by atoms with Gasteiger partial charge in [-0.25, -0.2) is 0 Å². The average molecular weight is 292 g/mol. The van der Waals surface area contributed by atoms with Crippen LogP contribution in [0.4, 0.5) is 0 Å². The fraction of sp³-hybridized carbons (Fsp3) is 0.286. The van der Waals surface area contributed by atoms with E-state index >= 15 is 0 Å². The lowest BCUT2D eigenvalue weighted by Crippen LogP contribution is -1.98. The second-order valence-corrected chi connectivity index (χ2v) is 5.25. The van der Waals surface area contributed by atoms with E-state index in [0.29, 0.717) is 5.75 Å². The Morgan fingerprint density at radius 1 is 1.45 bits per heavy atom. The molecule has 6 heteroatoms. The number of aryl methyl sites for hydroxylation is 1. The number of carboxylic acids is 1. The Bertz CT molecular complexity index is 610. The van der Waals surface area contributed by atoms with Gasteiger partial charge in [-0.05, 0) is 12.1 Å². The minimum atomic E-state index is -0.808. The van der Waals surface area contributed by atoms with Gasteiger partial charge >= 0.3 is 5.97 Å². The number of ether oxygens (including phenoxy) is 1. The summed E-state index contributed by atoms with van der Waals surface area (Å²) in [7, 11) is 3.48. The molecule has 0 unspecified atom stereocenters. The number of benzene rings is 1. The van der Waals surface area contributed by atoms with Crippen molar-refractivity contribution in [2.75, 3.05) is 12.9 Å². The normalized spacial score (nSPS) is 10.5. The predicted octanol–water partition coefficient (Wildman–Crippen LogP) is 2.41. The Morgan fingerprint density at radius 3 is 2.90 bits per heavy atom. The van der Waals surface area contributed by atoms with Crippen LogP contribution in [0.1, 0.15) is 5.56 Å². The highest BCUT2D eigenvalue weighted by atomic mass is 32.2. The van der Waals surface area contributed by atoms with Gasteiger partial charge in [0.2, 0.25) is 0 Å². The Hall–Kier alpha value is -1.95. The summed E-state index contributed by atoms with van der Waals surface area (Å²) in [5, 5.41) is 13.2. The summed E-state index contributed by atoms with van der Waals surface area (Å²) in [5.74, 6) is 0.641. The fourth-order valence-corrected chi connectivity index (χ4v) is 2.67. The molecule has 0 radical (unpaired) electrons. The molecule has 0 aliphatic heterocycles. The summed E-state index contributed by atoms with van der Waals surface area (Å²) in [6.07, 6.45) is 1.91. The van der Waals surface area contributed by atoms with E-state index in [1.165, 1.54) is 11.8 Å². The first-order valence-electron chi connectivity index (χ1n) is 6.07. The van der Waals surface area contributed by atoms with Crippen LogP contribution in [0.25, 0.3) is 11.3 Å². The zero-order valence-corrected chi connectivity index (χ0v) is 12.2. The van der Waals surface area contributed by atoms with Gasteiger partial charge in [0, 0.05) is 30.1 Å². The van der Waals surface area contributed by atoms with E-state index in [2.05, 4.69) is 5.10 Å². The van der Waals surface area contributed by atoms with Crippen LogP contribution < -0.4 is 4.74 Å². The van der Waals surface area contributed by atoms with Gasteiger partial charge in [0.05, 0.1) is 12.9 Å². The van der Waals surface area contributed by atoms with Crippen molar-refractivity contribution in [3.05, 3.63) is 36.0 Å². The van der Waals surface area contributed by atoms with Gasteiger partial charge in [-0.15, -0.1) is 11.8 Å². The van der Waals surface area contributed by atoms with Crippen molar-refractivity contribution in [3.63, 3.8) is 0 Å². The molecule has 5 nitrogen and oxygen atoms in total. The van der Waals surface area contributed by atoms with Crippen LogP contribution in [0.15, 0.2) is 30.5 Å². The molecule has 2 aromatic rings. The first-order valence-corrected chi connectivity index (χ1v) is 7.22. The SMILES string of the molecule is COc1ccccc1-c1nn(C)cc1CSCC(=O)O. The molecule has 1 aromatic heterocycles. The predicted molar refractivity (Wildman–Crippen MR) is 79.0 cm³/mol. The van der Waals surface area contributed by atoms with E-state index in [4.69, 9.17) is 9.84 Å². The number of para-hydroxylation sites is 1. The number of nitrogens with zero attached hydrogens (tertiary/aromatic N) is 2. The van der Waals surface area contributed by atoms with Crippen LogP contribution in [0.5, 0.6) is 5.75 Å². The van der Waals surface area contributed by atoms with Crippen LogP contribution in [-0.4, -0.2) is 33.7 Å². The highest BCUT2D eigenvalue weighted by Gasteiger charge is 2.14. The molecule has 106 valence electrons. The van der Waals surface area contributed by atoms with Crippen LogP contribution in [0.2, 0.25) is 0 Å². The molecule has 1 heterocycles. The number of thioether (sulfide) groups is 1. The Labute approximate surface area is 121 Å². The third-order valence-corrected chi connectivity index (χ3v) is 3.72. The Balaban J connectivity index is 2.29. The van der Waals surface area contributed by atoms with Gasteiger partial charge in [0.15, 0.2) is 0 Å². The lowest BCUT2D eigenvalue weighted by molar-refractivity contribution is -0.133. The van der Waals surface area contributed by atoms with Gasteiger partial charge in [0.1, 0.15) is 11.4 Å². The molecule has 0 fully saturated rings. The van der Waals surface area contributed by atoms with E-state index in [1.807, 2.05) is 37.5 Å². The maximum absolute atomic E-state index is 10.6. The van der Waals surface area contributed by atoms with Crippen LogP contribution in [0.3, 0.4) is 0 Å². The zero-order valence-electron chi connectivity index (χ0n) is 11.4. The number of hydrogen-bond donors (Lipinski definition) is 1. The third-order valence-electron chi connectivity index (χ3n) is 2.75. The maximum Gasteiger partial charge on any atom is 0.313 e. The molecule has 0 atom stereocenters. The second-order valence-electron chi connectivity index (χ2n) is 4.26. The largest absolute Gasteiger partial charge is 0.496 e. The molecular formula is C14H16N2O3S. The van der Waals surface area contributed by atoms with E-state index in [0.717, 1.165) is 22.6 Å². The quantitative estimate of drug-likeness (QED) is 0.885. The van der Waals surface area contributed by atoms with E-state index in [1.54, 1.807) is 11.8 Å². The first-order chi connectivity index (χ1) is 9.61. The Morgan fingerprint density at radius 2 is 2.20 bits per heavy atom. The lowest BCUT2D eigenvalue weighted by Gasteiger charge is -2.07. The number of hydrogen-bond acceptors (Lipinski definition) is 4. The second kappa shape index (κ2) is 6.47. The average Bonchev–Trinajstić information content (AvgIpc) is 2.79. The van der Waals surface area contributed by atoms with Crippen molar-refractivity contribution in [1.29, 1.82) is 0 Å². The topological polar surface area (TPSA) is 64.4 Å². The molecule has 0 bridgehead atoms. The fourth-order valence-electron chi connectivity index (χ4n) is 1.96. The molecule has 0 amide bonds. The minimum Gasteiger partial charge on any atom is -0.496 e. The van der Waals surface area contributed by atoms with Crippen molar-refractivity contribution in [2.24, 2.45) is 7.05 Å². The van der Waals surface area contributed by atoms with Crippen LogP contribution in [0, 0.1) is 0 Å². The van der Waals surface area contributed by atoms with Gasteiger partial charge in [0.25, 0.3) is 0 Å². The monoisotopic (exact) mass is 292 g/mol. The van der Waals surface area contributed by atoms with E-state index in [9.17, 15) is 4.79 Å². The standard InChI is InChI=1S/C14H16N2O3S/c1-16-7-10(8-20-9-13(17)18)14(15-16)11-5-3-4-6-12(11)19-2/h3-7H,8-9H2,1-2H3,(H,17,18). The van der Waals surface area contributed by atoms with Gasteiger partial charge in [-0.3, -0.25) is 9.48 Å². The van der Waals surface area contributed by atoms with Crippen molar-refractivity contribution >= 4 is 17.7 Å². The molecule has 2 rings (SSSR count). The van der Waals surface area contributed by atoms with E-state index < -0.39 is 5.97 Å². The molecule has 1 N–H and O–H groups in total. The number of carbonyl (C=O) groups is 1.